The minimum atomic E-state index is 0.0337. The van der Waals surface area contributed by atoms with Crippen molar-refractivity contribution in [1.82, 2.24) is 5.32 Å². The Morgan fingerprint density at radius 3 is 2.94 bits per heavy atom. The zero-order valence-electron chi connectivity index (χ0n) is 8.80. The molecule has 0 spiro atoms. The van der Waals surface area contributed by atoms with Crippen LogP contribution in [0.25, 0.3) is 0 Å². The molecule has 2 nitrogen and oxygen atoms in total. The standard InChI is InChI=1S/C12H13BrINO/c13-9-3-4-11(14)10(7-9)12(16)15-6-5-8-1-2-8/h3-4,7-8H,1-2,5-6H2,(H,15,16). The van der Waals surface area contributed by atoms with Gasteiger partial charge in [-0.1, -0.05) is 28.8 Å². The van der Waals surface area contributed by atoms with Crippen LogP contribution in [0.4, 0.5) is 0 Å². The molecular formula is C12H13BrINO. The Hall–Kier alpha value is -0.100. The van der Waals surface area contributed by atoms with Gasteiger partial charge < -0.3 is 5.32 Å². The molecule has 16 heavy (non-hydrogen) atoms. The van der Waals surface area contributed by atoms with Crippen LogP contribution in [-0.2, 0) is 0 Å². The van der Waals surface area contributed by atoms with Crippen LogP contribution in [0.3, 0.4) is 0 Å². The second-order valence-corrected chi connectivity index (χ2v) is 6.19. The minimum absolute atomic E-state index is 0.0337. The predicted molar refractivity (Wildman–Crippen MR) is 76.5 cm³/mol. The van der Waals surface area contributed by atoms with Crippen molar-refractivity contribution in [1.29, 1.82) is 0 Å². The van der Waals surface area contributed by atoms with E-state index < -0.39 is 0 Å². The Balaban J connectivity index is 1.93. The Morgan fingerprint density at radius 1 is 1.50 bits per heavy atom. The molecule has 0 radical (unpaired) electrons. The summed E-state index contributed by atoms with van der Waals surface area (Å²) < 4.78 is 1.94. The molecule has 1 aromatic rings. The molecule has 1 N–H and O–H groups in total. The topological polar surface area (TPSA) is 29.1 Å². The number of hydrogen-bond acceptors (Lipinski definition) is 1. The summed E-state index contributed by atoms with van der Waals surface area (Å²) >= 11 is 5.57. The lowest BCUT2D eigenvalue weighted by Crippen LogP contribution is -2.25. The first-order valence-electron chi connectivity index (χ1n) is 5.40. The molecule has 1 aliphatic rings. The summed E-state index contributed by atoms with van der Waals surface area (Å²) in [6, 6.07) is 5.76. The van der Waals surface area contributed by atoms with E-state index in [2.05, 4.69) is 43.8 Å². The smallest absolute Gasteiger partial charge is 0.252 e. The van der Waals surface area contributed by atoms with E-state index in [0.717, 1.165) is 32.5 Å². The lowest BCUT2D eigenvalue weighted by molar-refractivity contribution is 0.0951. The molecule has 1 aromatic carbocycles. The Bertz CT molecular complexity index is 404. The molecular weight excluding hydrogens is 381 g/mol. The van der Waals surface area contributed by atoms with E-state index in [9.17, 15) is 4.79 Å². The molecule has 2 rings (SSSR count). The van der Waals surface area contributed by atoms with E-state index in [0.29, 0.717) is 0 Å². The van der Waals surface area contributed by atoms with Crippen molar-refractivity contribution in [3.8, 4) is 0 Å². The maximum atomic E-state index is 11.9. The second-order valence-electron chi connectivity index (χ2n) is 4.11. The summed E-state index contributed by atoms with van der Waals surface area (Å²) in [4.78, 5) is 11.9. The van der Waals surface area contributed by atoms with Crippen LogP contribution < -0.4 is 5.32 Å². The Morgan fingerprint density at radius 2 is 2.25 bits per heavy atom. The van der Waals surface area contributed by atoms with Gasteiger partial charge >= 0.3 is 0 Å². The molecule has 1 saturated carbocycles. The number of hydrogen-bond donors (Lipinski definition) is 1. The van der Waals surface area contributed by atoms with Crippen molar-refractivity contribution >= 4 is 44.4 Å². The van der Waals surface area contributed by atoms with Crippen molar-refractivity contribution in [2.75, 3.05) is 6.54 Å². The van der Waals surface area contributed by atoms with E-state index >= 15 is 0 Å². The first-order chi connectivity index (χ1) is 7.66. The van der Waals surface area contributed by atoms with Gasteiger partial charge in [-0.25, -0.2) is 0 Å². The number of amides is 1. The van der Waals surface area contributed by atoms with Crippen molar-refractivity contribution in [2.24, 2.45) is 5.92 Å². The van der Waals surface area contributed by atoms with Crippen LogP contribution in [0.5, 0.6) is 0 Å². The van der Waals surface area contributed by atoms with Gasteiger partial charge in [0, 0.05) is 14.6 Å². The van der Waals surface area contributed by atoms with Gasteiger partial charge in [0.15, 0.2) is 0 Å². The van der Waals surface area contributed by atoms with Gasteiger partial charge in [-0.05, 0) is 53.1 Å². The molecule has 1 fully saturated rings. The lowest BCUT2D eigenvalue weighted by atomic mass is 10.2. The fraction of sp³-hybridized carbons (Fsp3) is 0.417. The first kappa shape index (κ1) is 12.4. The summed E-state index contributed by atoms with van der Waals surface area (Å²) in [6.45, 7) is 0.798. The number of carbonyl (C=O) groups excluding carboxylic acids is 1. The van der Waals surface area contributed by atoms with Gasteiger partial charge in [-0.15, -0.1) is 0 Å². The third kappa shape index (κ3) is 3.45. The molecule has 0 unspecified atom stereocenters. The van der Waals surface area contributed by atoms with E-state index in [1.807, 2.05) is 18.2 Å². The lowest BCUT2D eigenvalue weighted by Gasteiger charge is -2.06. The maximum absolute atomic E-state index is 11.9. The molecule has 0 heterocycles. The molecule has 0 saturated heterocycles. The predicted octanol–water partition coefficient (Wildman–Crippen LogP) is 3.58. The van der Waals surface area contributed by atoms with Crippen molar-refractivity contribution in [3.05, 3.63) is 31.8 Å². The fourth-order valence-electron chi connectivity index (χ4n) is 1.56. The minimum Gasteiger partial charge on any atom is -0.352 e. The Labute approximate surface area is 117 Å². The monoisotopic (exact) mass is 393 g/mol. The number of carbonyl (C=O) groups is 1. The molecule has 0 aromatic heterocycles. The van der Waals surface area contributed by atoms with Crippen LogP contribution in [-0.4, -0.2) is 12.5 Å². The van der Waals surface area contributed by atoms with Gasteiger partial charge in [0.1, 0.15) is 0 Å². The molecule has 1 amide bonds. The number of rotatable bonds is 4. The highest BCUT2D eigenvalue weighted by Crippen LogP contribution is 2.31. The molecule has 86 valence electrons. The van der Waals surface area contributed by atoms with Crippen molar-refractivity contribution in [2.45, 2.75) is 19.3 Å². The average Bonchev–Trinajstić information content (AvgIpc) is 3.05. The summed E-state index contributed by atoms with van der Waals surface area (Å²) in [6.07, 6.45) is 3.80. The maximum Gasteiger partial charge on any atom is 0.252 e. The summed E-state index contributed by atoms with van der Waals surface area (Å²) in [5.74, 6) is 0.897. The number of nitrogens with one attached hydrogen (secondary N) is 1. The largest absolute Gasteiger partial charge is 0.352 e. The van der Waals surface area contributed by atoms with E-state index in [4.69, 9.17) is 0 Å². The van der Waals surface area contributed by atoms with Crippen LogP contribution in [0.15, 0.2) is 22.7 Å². The van der Waals surface area contributed by atoms with Gasteiger partial charge in [0.25, 0.3) is 5.91 Å². The number of benzene rings is 1. The van der Waals surface area contributed by atoms with Crippen LogP contribution in [0, 0.1) is 9.49 Å². The van der Waals surface area contributed by atoms with E-state index in [-0.39, 0.29) is 5.91 Å². The van der Waals surface area contributed by atoms with Gasteiger partial charge in [0.2, 0.25) is 0 Å². The SMILES string of the molecule is O=C(NCCC1CC1)c1cc(Br)ccc1I. The third-order valence-corrected chi connectivity index (χ3v) is 4.14. The van der Waals surface area contributed by atoms with E-state index in [1.54, 1.807) is 0 Å². The summed E-state index contributed by atoms with van der Waals surface area (Å²) in [5.41, 5.74) is 0.755. The van der Waals surface area contributed by atoms with Crippen LogP contribution in [0.2, 0.25) is 0 Å². The first-order valence-corrected chi connectivity index (χ1v) is 7.27. The molecule has 0 atom stereocenters. The highest BCUT2D eigenvalue weighted by molar-refractivity contribution is 14.1. The fourth-order valence-corrected chi connectivity index (χ4v) is 2.50. The van der Waals surface area contributed by atoms with Crippen LogP contribution >= 0.6 is 38.5 Å². The van der Waals surface area contributed by atoms with Gasteiger partial charge in [-0.2, -0.15) is 0 Å². The van der Waals surface area contributed by atoms with E-state index in [1.165, 1.54) is 12.8 Å². The zero-order valence-corrected chi connectivity index (χ0v) is 12.5. The third-order valence-electron chi connectivity index (χ3n) is 2.71. The summed E-state index contributed by atoms with van der Waals surface area (Å²) in [7, 11) is 0. The summed E-state index contributed by atoms with van der Waals surface area (Å²) in [5, 5.41) is 2.97. The van der Waals surface area contributed by atoms with Crippen molar-refractivity contribution < 1.29 is 4.79 Å². The van der Waals surface area contributed by atoms with Crippen molar-refractivity contribution in [3.63, 3.8) is 0 Å². The van der Waals surface area contributed by atoms with Gasteiger partial charge in [0.05, 0.1) is 5.56 Å². The molecule has 0 bridgehead atoms. The second kappa shape index (κ2) is 5.49. The molecule has 4 heteroatoms. The van der Waals surface area contributed by atoms with Gasteiger partial charge in [-0.3, -0.25) is 4.79 Å². The molecule has 0 aliphatic heterocycles. The Kier molecular flexibility index (Phi) is 4.24. The highest BCUT2D eigenvalue weighted by atomic mass is 127. The molecule has 1 aliphatic carbocycles. The highest BCUT2D eigenvalue weighted by Gasteiger charge is 2.20. The number of halogens is 2. The normalized spacial score (nSPS) is 14.9. The average molecular weight is 394 g/mol. The van der Waals surface area contributed by atoms with Crippen LogP contribution in [0.1, 0.15) is 29.6 Å². The zero-order chi connectivity index (χ0) is 11.5. The quantitative estimate of drug-likeness (QED) is 0.778.